The first kappa shape index (κ1) is 10.5. The molecule has 0 unspecified atom stereocenters. The maximum atomic E-state index is 5.62. The van der Waals surface area contributed by atoms with Gasteiger partial charge in [0.15, 0.2) is 0 Å². The maximum absolute atomic E-state index is 5.62. The van der Waals surface area contributed by atoms with E-state index in [0.717, 1.165) is 23.6 Å². The summed E-state index contributed by atoms with van der Waals surface area (Å²) in [5.74, 6) is 0. The Bertz CT molecular complexity index is 470. The van der Waals surface area contributed by atoms with Gasteiger partial charge in [-0.2, -0.15) is 5.10 Å². The van der Waals surface area contributed by atoms with Gasteiger partial charge in [0.25, 0.3) is 0 Å². The molecular formula is C12H16N4. The third kappa shape index (κ3) is 2.34. The van der Waals surface area contributed by atoms with Crippen molar-refractivity contribution in [2.75, 3.05) is 11.1 Å². The van der Waals surface area contributed by atoms with Crippen molar-refractivity contribution >= 4 is 11.4 Å². The second-order valence-electron chi connectivity index (χ2n) is 3.89. The molecule has 16 heavy (non-hydrogen) atoms. The molecular weight excluding hydrogens is 200 g/mol. The molecule has 1 aromatic heterocycles. The van der Waals surface area contributed by atoms with Crippen molar-refractivity contribution in [1.82, 2.24) is 9.78 Å². The SMILES string of the molecule is Cc1nn(C)cc1CNc1ccc(N)cc1. The van der Waals surface area contributed by atoms with Crippen LogP contribution in [0.15, 0.2) is 30.5 Å². The van der Waals surface area contributed by atoms with Crippen LogP contribution in [0.1, 0.15) is 11.3 Å². The fourth-order valence-corrected chi connectivity index (χ4v) is 1.62. The van der Waals surface area contributed by atoms with Crippen LogP contribution in [0, 0.1) is 6.92 Å². The summed E-state index contributed by atoms with van der Waals surface area (Å²) in [5, 5.41) is 7.63. The van der Waals surface area contributed by atoms with Crippen molar-refractivity contribution in [1.29, 1.82) is 0 Å². The molecule has 1 aromatic carbocycles. The van der Waals surface area contributed by atoms with Gasteiger partial charge in [0.2, 0.25) is 0 Å². The topological polar surface area (TPSA) is 55.9 Å². The Hall–Kier alpha value is -1.97. The van der Waals surface area contributed by atoms with Crippen LogP contribution >= 0.6 is 0 Å². The number of rotatable bonds is 3. The van der Waals surface area contributed by atoms with Gasteiger partial charge in [0.05, 0.1) is 5.69 Å². The molecule has 1 heterocycles. The summed E-state index contributed by atoms with van der Waals surface area (Å²) in [6.07, 6.45) is 2.03. The third-order valence-corrected chi connectivity index (χ3v) is 2.51. The van der Waals surface area contributed by atoms with Crippen LogP contribution < -0.4 is 11.1 Å². The van der Waals surface area contributed by atoms with Gasteiger partial charge in [-0.05, 0) is 31.2 Å². The lowest BCUT2D eigenvalue weighted by atomic mass is 10.2. The lowest BCUT2D eigenvalue weighted by Crippen LogP contribution is -1.99. The van der Waals surface area contributed by atoms with Crippen LogP contribution in [0.3, 0.4) is 0 Å². The first-order valence-electron chi connectivity index (χ1n) is 5.23. The quantitative estimate of drug-likeness (QED) is 0.771. The fourth-order valence-electron chi connectivity index (χ4n) is 1.62. The molecule has 0 aliphatic heterocycles. The largest absolute Gasteiger partial charge is 0.399 e. The van der Waals surface area contributed by atoms with Crippen molar-refractivity contribution in [2.24, 2.45) is 7.05 Å². The second kappa shape index (κ2) is 4.26. The summed E-state index contributed by atoms with van der Waals surface area (Å²) in [6.45, 7) is 2.80. The molecule has 2 aromatic rings. The van der Waals surface area contributed by atoms with E-state index < -0.39 is 0 Å². The highest BCUT2D eigenvalue weighted by molar-refractivity contribution is 5.51. The number of hydrogen-bond acceptors (Lipinski definition) is 3. The van der Waals surface area contributed by atoms with E-state index >= 15 is 0 Å². The van der Waals surface area contributed by atoms with E-state index in [-0.39, 0.29) is 0 Å². The van der Waals surface area contributed by atoms with E-state index in [4.69, 9.17) is 5.73 Å². The smallest absolute Gasteiger partial charge is 0.0643 e. The zero-order valence-electron chi connectivity index (χ0n) is 9.57. The molecule has 4 nitrogen and oxygen atoms in total. The van der Waals surface area contributed by atoms with E-state index in [0.29, 0.717) is 0 Å². The van der Waals surface area contributed by atoms with Crippen molar-refractivity contribution in [3.05, 3.63) is 41.7 Å². The number of nitrogens with one attached hydrogen (secondary N) is 1. The zero-order chi connectivity index (χ0) is 11.5. The van der Waals surface area contributed by atoms with Crippen LogP contribution in [0.5, 0.6) is 0 Å². The van der Waals surface area contributed by atoms with Crippen molar-refractivity contribution in [2.45, 2.75) is 13.5 Å². The van der Waals surface area contributed by atoms with Crippen molar-refractivity contribution in [3.63, 3.8) is 0 Å². The Morgan fingerprint density at radius 1 is 1.31 bits per heavy atom. The average molecular weight is 216 g/mol. The lowest BCUT2D eigenvalue weighted by Gasteiger charge is -2.05. The molecule has 0 fully saturated rings. The first-order valence-corrected chi connectivity index (χ1v) is 5.23. The molecule has 0 aliphatic carbocycles. The van der Waals surface area contributed by atoms with Crippen LogP contribution in [0.4, 0.5) is 11.4 Å². The van der Waals surface area contributed by atoms with E-state index in [1.54, 1.807) is 0 Å². The van der Waals surface area contributed by atoms with Gasteiger partial charge in [0.1, 0.15) is 0 Å². The second-order valence-corrected chi connectivity index (χ2v) is 3.89. The van der Waals surface area contributed by atoms with Crippen LogP contribution in [-0.4, -0.2) is 9.78 Å². The number of nitrogen functional groups attached to an aromatic ring is 1. The number of aryl methyl sites for hydroxylation is 2. The first-order chi connectivity index (χ1) is 7.65. The van der Waals surface area contributed by atoms with E-state index in [2.05, 4.69) is 10.4 Å². The van der Waals surface area contributed by atoms with E-state index in [1.165, 1.54) is 5.56 Å². The van der Waals surface area contributed by atoms with Crippen molar-refractivity contribution < 1.29 is 0 Å². The predicted octanol–water partition coefficient (Wildman–Crippen LogP) is 1.92. The normalized spacial score (nSPS) is 10.4. The third-order valence-electron chi connectivity index (χ3n) is 2.51. The zero-order valence-corrected chi connectivity index (χ0v) is 9.57. The minimum atomic E-state index is 0.781. The number of aromatic nitrogens is 2. The van der Waals surface area contributed by atoms with Crippen LogP contribution in [-0.2, 0) is 13.6 Å². The van der Waals surface area contributed by atoms with Crippen molar-refractivity contribution in [3.8, 4) is 0 Å². The number of benzene rings is 1. The average Bonchev–Trinajstić information content (AvgIpc) is 2.57. The maximum Gasteiger partial charge on any atom is 0.0643 e. The molecule has 0 aliphatic rings. The monoisotopic (exact) mass is 216 g/mol. The highest BCUT2D eigenvalue weighted by Gasteiger charge is 2.02. The number of hydrogen-bond donors (Lipinski definition) is 2. The molecule has 0 saturated carbocycles. The molecule has 2 rings (SSSR count). The predicted molar refractivity (Wildman–Crippen MR) is 66.1 cm³/mol. The number of nitrogens with two attached hydrogens (primary N) is 1. The van der Waals surface area contributed by atoms with E-state index in [1.807, 2.05) is 49.1 Å². The van der Waals surface area contributed by atoms with Gasteiger partial charge >= 0.3 is 0 Å². The minimum absolute atomic E-state index is 0.781. The van der Waals surface area contributed by atoms with Gasteiger partial charge in [-0.3, -0.25) is 4.68 Å². The summed E-state index contributed by atoms with van der Waals surface area (Å²) < 4.78 is 1.83. The lowest BCUT2D eigenvalue weighted by molar-refractivity contribution is 0.756. The van der Waals surface area contributed by atoms with Gasteiger partial charge in [-0.1, -0.05) is 0 Å². The summed E-state index contributed by atoms with van der Waals surface area (Å²) in [4.78, 5) is 0. The minimum Gasteiger partial charge on any atom is -0.399 e. The Balaban J connectivity index is 2.02. The molecule has 0 bridgehead atoms. The van der Waals surface area contributed by atoms with E-state index in [9.17, 15) is 0 Å². The van der Waals surface area contributed by atoms with Gasteiger partial charge in [-0.15, -0.1) is 0 Å². The summed E-state index contributed by atoms with van der Waals surface area (Å²) in [5.41, 5.74) is 9.74. The highest BCUT2D eigenvalue weighted by atomic mass is 15.2. The summed E-state index contributed by atoms with van der Waals surface area (Å²) in [7, 11) is 1.93. The summed E-state index contributed by atoms with van der Waals surface area (Å²) in [6, 6.07) is 7.72. The van der Waals surface area contributed by atoms with Gasteiger partial charge in [0, 0.05) is 36.7 Å². The molecule has 84 valence electrons. The molecule has 0 radical (unpaired) electrons. The fraction of sp³-hybridized carbons (Fsp3) is 0.250. The standard InChI is InChI=1S/C12H16N4/c1-9-10(8-16(2)15-9)7-14-12-5-3-11(13)4-6-12/h3-6,8,14H,7,13H2,1-2H3. The molecule has 3 N–H and O–H groups in total. The van der Waals surface area contributed by atoms with Gasteiger partial charge < -0.3 is 11.1 Å². The Kier molecular flexibility index (Phi) is 2.81. The number of anilines is 2. The Morgan fingerprint density at radius 3 is 2.56 bits per heavy atom. The number of nitrogens with zero attached hydrogens (tertiary/aromatic N) is 2. The van der Waals surface area contributed by atoms with Crippen LogP contribution in [0.25, 0.3) is 0 Å². The summed E-state index contributed by atoms with van der Waals surface area (Å²) >= 11 is 0. The molecule has 0 spiro atoms. The van der Waals surface area contributed by atoms with Crippen LogP contribution in [0.2, 0.25) is 0 Å². The Morgan fingerprint density at radius 2 is 2.00 bits per heavy atom. The molecule has 0 saturated heterocycles. The molecule has 0 amide bonds. The molecule has 4 heteroatoms. The Labute approximate surface area is 95.1 Å². The van der Waals surface area contributed by atoms with Gasteiger partial charge in [-0.25, -0.2) is 0 Å². The highest BCUT2D eigenvalue weighted by Crippen LogP contribution is 2.13. The molecule has 0 atom stereocenters.